The highest BCUT2D eigenvalue weighted by Gasteiger charge is 2.03. The summed E-state index contributed by atoms with van der Waals surface area (Å²) in [6.45, 7) is 1.04. The topological polar surface area (TPSA) is 60.4 Å². The van der Waals surface area contributed by atoms with E-state index in [2.05, 4.69) is 5.32 Å². The van der Waals surface area contributed by atoms with Crippen LogP contribution in [0.2, 0.25) is 0 Å². The van der Waals surface area contributed by atoms with E-state index >= 15 is 0 Å². The molecule has 17 heavy (non-hydrogen) atoms. The number of benzene rings is 1. The number of anilines is 1. The average molecular weight is 232 g/mol. The Morgan fingerprint density at radius 3 is 2.65 bits per heavy atom. The molecule has 4 nitrogen and oxygen atoms in total. The Morgan fingerprint density at radius 1 is 1.18 bits per heavy atom. The summed E-state index contributed by atoms with van der Waals surface area (Å²) >= 11 is 0. The number of nitrogens with two attached hydrogens (primary N) is 1. The van der Waals surface area contributed by atoms with Crippen LogP contribution in [0.5, 0.6) is 5.75 Å². The molecule has 4 heteroatoms. The average Bonchev–Trinajstić information content (AvgIpc) is 2.84. The molecule has 0 amide bonds. The van der Waals surface area contributed by atoms with Gasteiger partial charge in [-0.1, -0.05) is 12.1 Å². The van der Waals surface area contributed by atoms with Gasteiger partial charge in [0.15, 0.2) is 0 Å². The molecular formula is C13H16N2O2. The van der Waals surface area contributed by atoms with Crippen LogP contribution < -0.4 is 15.8 Å². The number of hydrogen-bond acceptors (Lipinski definition) is 4. The highest BCUT2D eigenvalue weighted by atomic mass is 16.5. The van der Waals surface area contributed by atoms with Crippen molar-refractivity contribution in [2.24, 2.45) is 5.73 Å². The Kier molecular flexibility index (Phi) is 3.67. The van der Waals surface area contributed by atoms with E-state index in [-0.39, 0.29) is 0 Å². The van der Waals surface area contributed by atoms with Crippen molar-refractivity contribution < 1.29 is 9.15 Å². The molecule has 0 spiro atoms. The normalized spacial score (nSPS) is 10.2. The minimum Gasteiger partial charge on any atom is -0.495 e. The fourth-order valence-corrected chi connectivity index (χ4v) is 1.60. The van der Waals surface area contributed by atoms with E-state index in [1.165, 1.54) is 0 Å². The van der Waals surface area contributed by atoms with E-state index in [1.54, 1.807) is 7.11 Å². The first-order chi connectivity index (χ1) is 8.33. The van der Waals surface area contributed by atoms with Gasteiger partial charge in [0.05, 0.1) is 25.9 Å². The fraction of sp³-hybridized carbons (Fsp3) is 0.231. The zero-order chi connectivity index (χ0) is 12.1. The summed E-state index contributed by atoms with van der Waals surface area (Å²) in [7, 11) is 1.65. The van der Waals surface area contributed by atoms with Crippen molar-refractivity contribution in [2.45, 2.75) is 13.1 Å². The predicted octanol–water partition coefficient (Wildman–Crippen LogP) is 2.36. The molecule has 0 aliphatic carbocycles. The first-order valence-electron chi connectivity index (χ1n) is 5.48. The summed E-state index contributed by atoms with van der Waals surface area (Å²) in [6, 6.07) is 11.6. The summed E-state index contributed by atoms with van der Waals surface area (Å²) in [5, 5.41) is 3.26. The van der Waals surface area contributed by atoms with E-state index < -0.39 is 0 Å². The molecule has 0 saturated heterocycles. The first kappa shape index (κ1) is 11.5. The third-order valence-corrected chi connectivity index (χ3v) is 2.48. The van der Waals surface area contributed by atoms with Crippen molar-refractivity contribution >= 4 is 5.69 Å². The molecule has 0 radical (unpaired) electrons. The molecule has 0 fully saturated rings. The SMILES string of the molecule is COc1ccccc1NCc1ccc(CN)o1. The third-order valence-electron chi connectivity index (χ3n) is 2.48. The lowest BCUT2D eigenvalue weighted by atomic mass is 10.3. The third kappa shape index (κ3) is 2.79. The smallest absolute Gasteiger partial charge is 0.141 e. The molecule has 0 aliphatic heterocycles. The van der Waals surface area contributed by atoms with Gasteiger partial charge in [0.1, 0.15) is 17.3 Å². The number of para-hydroxylation sites is 2. The standard InChI is InChI=1S/C13H16N2O2/c1-16-13-5-3-2-4-12(13)15-9-11-7-6-10(8-14)17-11/h2-7,15H,8-9,14H2,1H3. The lowest BCUT2D eigenvalue weighted by Crippen LogP contribution is -2.00. The Morgan fingerprint density at radius 2 is 1.94 bits per heavy atom. The van der Waals surface area contributed by atoms with Gasteiger partial charge in [0, 0.05) is 0 Å². The van der Waals surface area contributed by atoms with Gasteiger partial charge in [-0.3, -0.25) is 0 Å². The maximum absolute atomic E-state index is 5.50. The van der Waals surface area contributed by atoms with E-state index in [4.69, 9.17) is 14.9 Å². The molecule has 0 bridgehead atoms. The molecule has 2 aromatic rings. The molecule has 1 heterocycles. The summed E-state index contributed by atoms with van der Waals surface area (Å²) < 4.78 is 10.7. The van der Waals surface area contributed by atoms with Gasteiger partial charge >= 0.3 is 0 Å². The van der Waals surface area contributed by atoms with Crippen LogP contribution in [0.25, 0.3) is 0 Å². The van der Waals surface area contributed by atoms with Gasteiger partial charge in [-0.2, -0.15) is 0 Å². The van der Waals surface area contributed by atoms with E-state index in [9.17, 15) is 0 Å². The summed E-state index contributed by atoms with van der Waals surface area (Å²) in [4.78, 5) is 0. The zero-order valence-corrected chi connectivity index (χ0v) is 9.77. The molecule has 90 valence electrons. The van der Waals surface area contributed by atoms with Crippen LogP contribution in [-0.2, 0) is 13.1 Å². The quantitative estimate of drug-likeness (QED) is 0.830. The van der Waals surface area contributed by atoms with E-state index in [0.29, 0.717) is 13.1 Å². The minimum absolute atomic E-state index is 0.425. The zero-order valence-electron chi connectivity index (χ0n) is 9.77. The van der Waals surface area contributed by atoms with Crippen LogP contribution in [0.4, 0.5) is 5.69 Å². The van der Waals surface area contributed by atoms with Crippen molar-refractivity contribution in [3.63, 3.8) is 0 Å². The Bertz CT molecular complexity index is 480. The number of rotatable bonds is 5. The number of methoxy groups -OCH3 is 1. The summed E-state index contributed by atoms with van der Waals surface area (Å²) in [5.41, 5.74) is 6.43. The van der Waals surface area contributed by atoms with Gasteiger partial charge in [-0.05, 0) is 24.3 Å². The van der Waals surface area contributed by atoms with Gasteiger partial charge < -0.3 is 20.2 Å². The summed E-state index contributed by atoms with van der Waals surface area (Å²) in [5.74, 6) is 2.47. The molecule has 1 aromatic heterocycles. The number of hydrogen-bond donors (Lipinski definition) is 2. The molecular weight excluding hydrogens is 216 g/mol. The molecule has 0 unspecified atom stereocenters. The van der Waals surface area contributed by atoms with Crippen molar-refractivity contribution in [3.8, 4) is 5.75 Å². The Balaban J connectivity index is 2.01. The second-order valence-corrected chi connectivity index (χ2v) is 3.63. The van der Waals surface area contributed by atoms with Crippen molar-refractivity contribution in [2.75, 3.05) is 12.4 Å². The van der Waals surface area contributed by atoms with Crippen molar-refractivity contribution in [1.82, 2.24) is 0 Å². The van der Waals surface area contributed by atoms with Crippen molar-refractivity contribution in [1.29, 1.82) is 0 Å². The highest BCUT2D eigenvalue weighted by molar-refractivity contribution is 5.56. The largest absolute Gasteiger partial charge is 0.495 e. The second kappa shape index (κ2) is 5.41. The van der Waals surface area contributed by atoms with E-state index in [1.807, 2.05) is 36.4 Å². The fourth-order valence-electron chi connectivity index (χ4n) is 1.60. The minimum atomic E-state index is 0.425. The molecule has 0 atom stereocenters. The molecule has 3 N–H and O–H groups in total. The highest BCUT2D eigenvalue weighted by Crippen LogP contribution is 2.23. The second-order valence-electron chi connectivity index (χ2n) is 3.63. The lowest BCUT2D eigenvalue weighted by molar-refractivity contribution is 0.416. The van der Waals surface area contributed by atoms with Gasteiger partial charge in [0.25, 0.3) is 0 Å². The molecule has 1 aromatic carbocycles. The monoisotopic (exact) mass is 232 g/mol. The van der Waals surface area contributed by atoms with Crippen molar-refractivity contribution in [3.05, 3.63) is 47.9 Å². The first-order valence-corrected chi connectivity index (χ1v) is 5.48. The van der Waals surface area contributed by atoms with Crippen LogP contribution in [0.15, 0.2) is 40.8 Å². The molecule has 0 aliphatic rings. The maximum atomic E-state index is 5.50. The molecule has 0 saturated carbocycles. The van der Waals surface area contributed by atoms with E-state index in [0.717, 1.165) is 23.0 Å². The maximum Gasteiger partial charge on any atom is 0.141 e. The number of ether oxygens (including phenoxy) is 1. The molecule has 2 rings (SSSR count). The lowest BCUT2D eigenvalue weighted by Gasteiger charge is -2.09. The summed E-state index contributed by atoms with van der Waals surface area (Å²) in [6.07, 6.45) is 0. The predicted molar refractivity (Wildman–Crippen MR) is 66.9 cm³/mol. The van der Waals surface area contributed by atoms with Gasteiger partial charge in [-0.15, -0.1) is 0 Å². The number of nitrogens with one attached hydrogen (secondary N) is 1. The van der Waals surface area contributed by atoms with Crippen LogP contribution in [0, 0.1) is 0 Å². The number of furan rings is 1. The van der Waals surface area contributed by atoms with Crippen LogP contribution in [-0.4, -0.2) is 7.11 Å². The van der Waals surface area contributed by atoms with Gasteiger partial charge in [-0.25, -0.2) is 0 Å². The Labute approximate surface area is 100 Å². The van der Waals surface area contributed by atoms with Crippen LogP contribution >= 0.6 is 0 Å². The van der Waals surface area contributed by atoms with Gasteiger partial charge in [0.2, 0.25) is 0 Å². The Hall–Kier alpha value is -1.94. The van der Waals surface area contributed by atoms with Crippen LogP contribution in [0.1, 0.15) is 11.5 Å². The van der Waals surface area contributed by atoms with Crippen LogP contribution in [0.3, 0.4) is 0 Å².